The minimum Gasteiger partial charge on any atom is -0.378 e. The third-order valence-corrected chi connectivity index (χ3v) is 4.11. The van der Waals surface area contributed by atoms with E-state index >= 15 is 0 Å². The van der Waals surface area contributed by atoms with Crippen LogP contribution in [0.1, 0.15) is 58.2 Å². The lowest BCUT2D eigenvalue weighted by atomic mass is 9.89. The minimum atomic E-state index is 0.309. The maximum atomic E-state index is 5.88. The fourth-order valence-electron chi connectivity index (χ4n) is 3.13. The summed E-state index contributed by atoms with van der Waals surface area (Å²) in [6.45, 7) is 9.42. The first-order valence-corrected chi connectivity index (χ1v) is 8.05. The summed E-state index contributed by atoms with van der Waals surface area (Å²) in [7, 11) is 0. The van der Waals surface area contributed by atoms with Crippen LogP contribution in [0.2, 0.25) is 0 Å². The van der Waals surface area contributed by atoms with Crippen molar-refractivity contribution in [1.82, 2.24) is 20.3 Å². The van der Waals surface area contributed by atoms with Crippen LogP contribution in [-0.4, -0.2) is 34.2 Å². The molecule has 3 atom stereocenters. The normalized spacial score (nSPS) is 24.1. The topological polar surface area (TPSA) is 52.0 Å². The van der Waals surface area contributed by atoms with Crippen molar-refractivity contribution in [2.75, 3.05) is 13.2 Å². The standard InChI is InChI=1S/C15H28N4O/c1-4-8-16-15(12-7-10-20-14(12)6-3)13-11-17-18-19(13)9-5-2/h11-12,14-16H,4-10H2,1-3H3. The summed E-state index contributed by atoms with van der Waals surface area (Å²) in [5, 5.41) is 12.1. The molecule has 0 spiro atoms. The number of aryl methyl sites for hydroxylation is 1. The molecule has 0 bridgehead atoms. The van der Waals surface area contributed by atoms with Gasteiger partial charge in [0.25, 0.3) is 0 Å². The van der Waals surface area contributed by atoms with Crippen molar-refractivity contribution in [3.05, 3.63) is 11.9 Å². The fourth-order valence-corrected chi connectivity index (χ4v) is 3.13. The van der Waals surface area contributed by atoms with Crippen LogP contribution in [0, 0.1) is 5.92 Å². The van der Waals surface area contributed by atoms with E-state index in [0.717, 1.165) is 45.4 Å². The summed E-state index contributed by atoms with van der Waals surface area (Å²) < 4.78 is 7.94. The number of rotatable bonds is 8. The van der Waals surface area contributed by atoms with Gasteiger partial charge in [-0.05, 0) is 32.2 Å². The van der Waals surface area contributed by atoms with Crippen molar-refractivity contribution in [2.24, 2.45) is 5.92 Å². The molecule has 1 saturated heterocycles. The lowest BCUT2D eigenvalue weighted by Crippen LogP contribution is -2.35. The Labute approximate surface area is 122 Å². The van der Waals surface area contributed by atoms with E-state index in [2.05, 4.69) is 41.1 Å². The molecule has 20 heavy (non-hydrogen) atoms. The monoisotopic (exact) mass is 280 g/mol. The second-order valence-electron chi connectivity index (χ2n) is 5.58. The summed E-state index contributed by atoms with van der Waals surface area (Å²) in [6.07, 6.45) is 6.69. The van der Waals surface area contributed by atoms with Gasteiger partial charge in [-0.3, -0.25) is 0 Å². The average molecular weight is 280 g/mol. The highest BCUT2D eigenvalue weighted by Crippen LogP contribution is 2.34. The van der Waals surface area contributed by atoms with Crippen LogP contribution in [-0.2, 0) is 11.3 Å². The van der Waals surface area contributed by atoms with Gasteiger partial charge in [0, 0.05) is 19.1 Å². The second-order valence-corrected chi connectivity index (χ2v) is 5.58. The van der Waals surface area contributed by atoms with Crippen LogP contribution in [0.4, 0.5) is 0 Å². The molecule has 0 radical (unpaired) electrons. The minimum absolute atomic E-state index is 0.309. The predicted octanol–water partition coefficient (Wildman–Crippen LogP) is 2.54. The zero-order valence-electron chi connectivity index (χ0n) is 13.0. The number of nitrogens with one attached hydrogen (secondary N) is 1. The first-order valence-electron chi connectivity index (χ1n) is 8.05. The number of aromatic nitrogens is 3. The predicted molar refractivity (Wildman–Crippen MR) is 79.5 cm³/mol. The van der Waals surface area contributed by atoms with Crippen LogP contribution in [0.15, 0.2) is 6.20 Å². The highest BCUT2D eigenvalue weighted by Gasteiger charge is 2.35. The molecule has 0 amide bonds. The molecule has 1 aromatic rings. The Hall–Kier alpha value is -0.940. The van der Waals surface area contributed by atoms with E-state index in [1.807, 2.05) is 6.20 Å². The second kappa shape index (κ2) is 7.74. The average Bonchev–Trinajstić information content (AvgIpc) is 3.09. The van der Waals surface area contributed by atoms with E-state index in [1.54, 1.807) is 0 Å². The Morgan fingerprint density at radius 1 is 1.40 bits per heavy atom. The van der Waals surface area contributed by atoms with E-state index in [1.165, 1.54) is 5.69 Å². The molecule has 0 saturated carbocycles. The summed E-state index contributed by atoms with van der Waals surface area (Å²) >= 11 is 0. The maximum absolute atomic E-state index is 5.88. The molecule has 5 nitrogen and oxygen atoms in total. The van der Waals surface area contributed by atoms with Crippen LogP contribution in [0.5, 0.6) is 0 Å². The largest absolute Gasteiger partial charge is 0.378 e. The first-order chi connectivity index (χ1) is 9.81. The SMILES string of the molecule is CCCNC(c1cnnn1CCC)C1CCOC1CC. The highest BCUT2D eigenvalue weighted by atomic mass is 16.5. The summed E-state index contributed by atoms with van der Waals surface area (Å²) in [5.41, 5.74) is 1.22. The molecule has 2 heterocycles. The lowest BCUT2D eigenvalue weighted by molar-refractivity contribution is 0.0763. The van der Waals surface area contributed by atoms with Gasteiger partial charge in [-0.2, -0.15) is 0 Å². The van der Waals surface area contributed by atoms with Crippen molar-refractivity contribution >= 4 is 0 Å². The Bertz CT molecular complexity index is 393. The Morgan fingerprint density at radius 3 is 2.95 bits per heavy atom. The first kappa shape index (κ1) is 15.4. The molecule has 3 unspecified atom stereocenters. The molecule has 1 aliphatic heterocycles. The van der Waals surface area contributed by atoms with E-state index < -0.39 is 0 Å². The van der Waals surface area contributed by atoms with Crippen molar-refractivity contribution in [3.8, 4) is 0 Å². The number of hydrogen-bond acceptors (Lipinski definition) is 4. The third kappa shape index (κ3) is 3.38. The molecule has 0 aliphatic carbocycles. The van der Waals surface area contributed by atoms with Crippen molar-refractivity contribution < 1.29 is 4.74 Å². The molecule has 2 rings (SSSR count). The van der Waals surface area contributed by atoms with Gasteiger partial charge in [0.1, 0.15) is 0 Å². The van der Waals surface area contributed by atoms with Gasteiger partial charge in [-0.1, -0.05) is 26.0 Å². The molecular weight excluding hydrogens is 252 g/mol. The highest BCUT2D eigenvalue weighted by molar-refractivity contribution is 5.07. The van der Waals surface area contributed by atoms with E-state index in [9.17, 15) is 0 Å². The van der Waals surface area contributed by atoms with Crippen LogP contribution >= 0.6 is 0 Å². The zero-order chi connectivity index (χ0) is 14.4. The zero-order valence-corrected chi connectivity index (χ0v) is 13.0. The van der Waals surface area contributed by atoms with Crippen LogP contribution in [0.25, 0.3) is 0 Å². The smallest absolute Gasteiger partial charge is 0.0760 e. The van der Waals surface area contributed by atoms with E-state index in [-0.39, 0.29) is 0 Å². The molecule has 114 valence electrons. The molecule has 1 fully saturated rings. The maximum Gasteiger partial charge on any atom is 0.0760 e. The van der Waals surface area contributed by atoms with Gasteiger partial charge >= 0.3 is 0 Å². The van der Waals surface area contributed by atoms with Gasteiger partial charge in [0.05, 0.1) is 24.0 Å². The van der Waals surface area contributed by atoms with E-state index in [4.69, 9.17) is 4.74 Å². The van der Waals surface area contributed by atoms with Crippen molar-refractivity contribution in [2.45, 2.75) is 65.1 Å². The quantitative estimate of drug-likeness (QED) is 0.795. The lowest BCUT2D eigenvalue weighted by Gasteiger charge is -2.28. The summed E-state index contributed by atoms with van der Waals surface area (Å²) in [5.74, 6) is 0.528. The Morgan fingerprint density at radius 2 is 2.25 bits per heavy atom. The number of nitrogens with zero attached hydrogens (tertiary/aromatic N) is 3. The molecule has 1 N–H and O–H groups in total. The van der Waals surface area contributed by atoms with Crippen molar-refractivity contribution in [1.29, 1.82) is 0 Å². The van der Waals surface area contributed by atoms with Gasteiger partial charge < -0.3 is 10.1 Å². The van der Waals surface area contributed by atoms with Gasteiger partial charge in [0.15, 0.2) is 0 Å². The van der Waals surface area contributed by atoms with Crippen LogP contribution < -0.4 is 5.32 Å². The molecule has 0 aromatic carbocycles. The molecule has 5 heteroatoms. The molecular formula is C15H28N4O. The molecule has 1 aliphatic rings. The number of ether oxygens (including phenoxy) is 1. The third-order valence-electron chi connectivity index (χ3n) is 4.11. The fraction of sp³-hybridized carbons (Fsp3) is 0.867. The van der Waals surface area contributed by atoms with Gasteiger partial charge in [-0.25, -0.2) is 4.68 Å². The Kier molecular flexibility index (Phi) is 5.98. The van der Waals surface area contributed by atoms with Crippen molar-refractivity contribution in [3.63, 3.8) is 0 Å². The van der Waals surface area contributed by atoms with Crippen LogP contribution in [0.3, 0.4) is 0 Å². The Balaban J connectivity index is 2.19. The van der Waals surface area contributed by atoms with Gasteiger partial charge in [0.2, 0.25) is 0 Å². The van der Waals surface area contributed by atoms with Gasteiger partial charge in [-0.15, -0.1) is 5.10 Å². The summed E-state index contributed by atoms with van der Waals surface area (Å²) in [6, 6.07) is 0.309. The summed E-state index contributed by atoms with van der Waals surface area (Å²) in [4.78, 5) is 0. The number of hydrogen-bond donors (Lipinski definition) is 1. The molecule has 1 aromatic heterocycles. The van der Waals surface area contributed by atoms with E-state index in [0.29, 0.717) is 18.1 Å².